The maximum atomic E-state index is 12.2. The molecule has 1 aromatic carbocycles. The molecule has 1 aliphatic carbocycles. The van der Waals surface area contributed by atoms with Crippen LogP contribution in [-0.4, -0.2) is 12.3 Å². The average molecular weight is 211 g/mol. The molecule has 0 saturated heterocycles. The van der Waals surface area contributed by atoms with Crippen LogP contribution in [0.15, 0.2) is 29.4 Å². The Labute approximate surface area is 86.5 Å². The summed E-state index contributed by atoms with van der Waals surface area (Å²) in [5.41, 5.74) is 0.787. The van der Waals surface area contributed by atoms with Crippen LogP contribution in [0.25, 0.3) is 0 Å². The number of rotatable bonds is 4. The van der Waals surface area contributed by atoms with Gasteiger partial charge in [0.05, 0.1) is 6.21 Å². The summed E-state index contributed by atoms with van der Waals surface area (Å²) in [5.74, 6) is 0. The zero-order valence-corrected chi connectivity index (χ0v) is 8.07. The number of halogens is 2. The second-order valence-corrected chi connectivity index (χ2v) is 3.51. The Morgan fingerprint density at radius 1 is 1.27 bits per heavy atom. The maximum Gasteiger partial charge on any atom is 0.263 e. The third-order valence-corrected chi connectivity index (χ3v) is 2.12. The van der Waals surface area contributed by atoms with Gasteiger partial charge in [0, 0.05) is 5.56 Å². The Bertz CT molecular complexity index is 344. The molecule has 1 aliphatic rings. The van der Waals surface area contributed by atoms with Gasteiger partial charge in [-0.05, 0) is 18.4 Å². The standard InChI is InChI=1S/C11H11F2NO/c12-11(13)9-3-1-8(2-4-9)7-14-15-10-5-6-10/h1-4,7,10-11H,5-6H2. The molecule has 0 radical (unpaired) electrons. The smallest absolute Gasteiger partial charge is 0.263 e. The first kappa shape index (κ1) is 10.1. The molecule has 0 N–H and O–H groups in total. The molecule has 0 amide bonds. The van der Waals surface area contributed by atoms with E-state index in [-0.39, 0.29) is 11.7 Å². The molecule has 2 nitrogen and oxygen atoms in total. The number of nitrogens with zero attached hydrogens (tertiary/aromatic N) is 1. The summed E-state index contributed by atoms with van der Waals surface area (Å²) >= 11 is 0. The fraction of sp³-hybridized carbons (Fsp3) is 0.364. The molecule has 0 heterocycles. The van der Waals surface area contributed by atoms with Crippen LogP contribution in [0.3, 0.4) is 0 Å². The lowest BCUT2D eigenvalue weighted by Crippen LogP contribution is -1.88. The van der Waals surface area contributed by atoms with Crippen LogP contribution >= 0.6 is 0 Å². The molecule has 1 fully saturated rings. The van der Waals surface area contributed by atoms with Crippen molar-refractivity contribution in [3.05, 3.63) is 35.4 Å². The van der Waals surface area contributed by atoms with E-state index in [1.165, 1.54) is 18.3 Å². The summed E-state index contributed by atoms with van der Waals surface area (Å²) in [4.78, 5) is 5.06. The second kappa shape index (κ2) is 4.38. The Morgan fingerprint density at radius 2 is 1.93 bits per heavy atom. The lowest BCUT2D eigenvalue weighted by molar-refractivity contribution is 0.131. The number of hydrogen-bond acceptors (Lipinski definition) is 2. The van der Waals surface area contributed by atoms with E-state index in [1.54, 1.807) is 12.1 Å². The average Bonchev–Trinajstić information content (AvgIpc) is 3.02. The van der Waals surface area contributed by atoms with Gasteiger partial charge in [0.1, 0.15) is 6.10 Å². The molecule has 0 unspecified atom stereocenters. The Balaban J connectivity index is 1.93. The minimum atomic E-state index is -2.42. The topological polar surface area (TPSA) is 21.6 Å². The zero-order valence-electron chi connectivity index (χ0n) is 8.07. The Hall–Kier alpha value is -1.45. The van der Waals surface area contributed by atoms with Gasteiger partial charge < -0.3 is 4.84 Å². The van der Waals surface area contributed by atoms with Crippen LogP contribution in [0.1, 0.15) is 30.4 Å². The van der Waals surface area contributed by atoms with Crippen molar-refractivity contribution in [2.24, 2.45) is 5.16 Å². The van der Waals surface area contributed by atoms with E-state index >= 15 is 0 Å². The van der Waals surface area contributed by atoms with Gasteiger partial charge in [-0.2, -0.15) is 0 Å². The lowest BCUT2D eigenvalue weighted by Gasteiger charge is -1.99. The van der Waals surface area contributed by atoms with E-state index in [0.29, 0.717) is 0 Å². The summed E-state index contributed by atoms with van der Waals surface area (Å²) < 4.78 is 24.4. The molecule has 0 spiro atoms. The minimum Gasteiger partial charge on any atom is -0.392 e. The Morgan fingerprint density at radius 3 is 2.47 bits per heavy atom. The first-order valence-corrected chi connectivity index (χ1v) is 4.83. The molecule has 1 aromatic rings. The van der Waals surface area contributed by atoms with Gasteiger partial charge in [0.15, 0.2) is 0 Å². The minimum absolute atomic E-state index is 0.0234. The molecule has 0 aliphatic heterocycles. The fourth-order valence-electron chi connectivity index (χ4n) is 1.08. The lowest BCUT2D eigenvalue weighted by atomic mass is 10.1. The second-order valence-electron chi connectivity index (χ2n) is 3.51. The predicted octanol–water partition coefficient (Wildman–Crippen LogP) is 3.14. The first-order valence-electron chi connectivity index (χ1n) is 4.83. The monoisotopic (exact) mass is 211 g/mol. The van der Waals surface area contributed by atoms with Crippen LogP contribution in [-0.2, 0) is 4.84 Å². The van der Waals surface area contributed by atoms with Crippen LogP contribution < -0.4 is 0 Å². The van der Waals surface area contributed by atoms with Crippen molar-refractivity contribution in [2.45, 2.75) is 25.4 Å². The fourth-order valence-corrected chi connectivity index (χ4v) is 1.08. The Kier molecular flexibility index (Phi) is 2.94. The van der Waals surface area contributed by atoms with Crippen LogP contribution in [0.4, 0.5) is 8.78 Å². The van der Waals surface area contributed by atoms with Gasteiger partial charge in [-0.3, -0.25) is 0 Å². The molecule has 2 rings (SSSR count). The first-order chi connectivity index (χ1) is 7.25. The van der Waals surface area contributed by atoms with Crippen molar-refractivity contribution in [3.63, 3.8) is 0 Å². The maximum absolute atomic E-state index is 12.2. The summed E-state index contributed by atoms with van der Waals surface area (Å²) in [6.07, 6.45) is 1.50. The third-order valence-electron chi connectivity index (χ3n) is 2.12. The van der Waals surface area contributed by atoms with E-state index in [4.69, 9.17) is 4.84 Å². The number of alkyl halides is 2. The summed E-state index contributed by atoms with van der Waals surface area (Å²) in [6.45, 7) is 0. The van der Waals surface area contributed by atoms with Gasteiger partial charge in [-0.15, -0.1) is 0 Å². The van der Waals surface area contributed by atoms with Gasteiger partial charge in [0.25, 0.3) is 6.43 Å². The van der Waals surface area contributed by atoms with Crippen molar-refractivity contribution >= 4 is 6.21 Å². The number of oxime groups is 1. The normalized spacial score (nSPS) is 16.2. The number of hydrogen-bond donors (Lipinski definition) is 0. The largest absolute Gasteiger partial charge is 0.392 e. The van der Waals surface area contributed by atoms with E-state index < -0.39 is 6.43 Å². The van der Waals surface area contributed by atoms with Crippen molar-refractivity contribution in [3.8, 4) is 0 Å². The van der Waals surface area contributed by atoms with Crippen molar-refractivity contribution in [1.82, 2.24) is 0 Å². The molecule has 4 heteroatoms. The molecular formula is C11H11F2NO. The molecule has 80 valence electrons. The molecule has 1 saturated carbocycles. The molecule has 15 heavy (non-hydrogen) atoms. The highest BCUT2D eigenvalue weighted by molar-refractivity contribution is 5.79. The summed E-state index contributed by atoms with van der Waals surface area (Å²) in [6, 6.07) is 5.98. The number of benzene rings is 1. The van der Waals surface area contributed by atoms with Gasteiger partial charge in [0.2, 0.25) is 0 Å². The van der Waals surface area contributed by atoms with Gasteiger partial charge >= 0.3 is 0 Å². The molecular weight excluding hydrogens is 200 g/mol. The van der Waals surface area contributed by atoms with Crippen LogP contribution in [0.5, 0.6) is 0 Å². The summed E-state index contributed by atoms with van der Waals surface area (Å²) in [5, 5.41) is 3.77. The molecule has 0 aromatic heterocycles. The van der Waals surface area contributed by atoms with E-state index in [2.05, 4.69) is 5.16 Å². The molecule has 0 bridgehead atoms. The van der Waals surface area contributed by atoms with E-state index in [1.807, 2.05) is 0 Å². The van der Waals surface area contributed by atoms with Gasteiger partial charge in [-0.1, -0.05) is 29.4 Å². The van der Waals surface area contributed by atoms with E-state index in [9.17, 15) is 8.78 Å². The van der Waals surface area contributed by atoms with Crippen molar-refractivity contribution in [2.75, 3.05) is 0 Å². The van der Waals surface area contributed by atoms with Crippen molar-refractivity contribution in [1.29, 1.82) is 0 Å². The predicted molar refractivity (Wildman–Crippen MR) is 53.1 cm³/mol. The SMILES string of the molecule is FC(F)c1ccc(C=NOC2CC2)cc1. The summed E-state index contributed by atoms with van der Waals surface area (Å²) in [7, 11) is 0. The van der Waals surface area contributed by atoms with Crippen molar-refractivity contribution < 1.29 is 13.6 Å². The quantitative estimate of drug-likeness (QED) is 0.553. The highest BCUT2D eigenvalue weighted by Crippen LogP contribution is 2.23. The third kappa shape index (κ3) is 3.01. The highest BCUT2D eigenvalue weighted by Gasteiger charge is 2.23. The molecule has 0 atom stereocenters. The van der Waals surface area contributed by atoms with Gasteiger partial charge in [-0.25, -0.2) is 8.78 Å². The van der Waals surface area contributed by atoms with Crippen LogP contribution in [0, 0.1) is 0 Å². The highest BCUT2D eigenvalue weighted by atomic mass is 19.3. The van der Waals surface area contributed by atoms with Crippen LogP contribution in [0.2, 0.25) is 0 Å². The van der Waals surface area contributed by atoms with E-state index in [0.717, 1.165) is 18.4 Å². The zero-order chi connectivity index (χ0) is 10.7.